The first-order chi connectivity index (χ1) is 11.8. The number of fused-ring (bicyclic) bond motifs is 2. The fourth-order valence-electron chi connectivity index (χ4n) is 4.22. The molecule has 2 unspecified atom stereocenters. The second-order valence-electron chi connectivity index (χ2n) is 6.94. The molecule has 126 valence electrons. The van der Waals surface area contributed by atoms with Crippen molar-refractivity contribution >= 4 is 0 Å². The van der Waals surface area contributed by atoms with Gasteiger partial charge in [0.1, 0.15) is 5.75 Å². The molecule has 3 nitrogen and oxygen atoms in total. The van der Waals surface area contributed by atoms with Crippen molar-refractivity contribution in [3.8, 4) is 5.75 Å². The van der Waals surface area contributed by atoms with Crippen LogP contribution in [0, 0.1) is 0 Å². The normalized spacial score (nSPS) is 23.4. The van der Waals surface area contributed by atoms with Crippen molar-refractivity contribution < 1.29 is 4.74 Å². The summed E-state index contributed by atoms with van der Waals surface area (Å²) >= 11 is 0. The number of piperidine rings is 1. The standard InChI is InChI=1S/C21H26N2O/c1-24-18-11-10-17-15-23-12-6-5-9-20(23)21(19(17)13-18)22-14-16-7-3-2-4-8-16/h2-4,7-8,10-11,13,20-22H,5-6,9,12,14-15H2,1H3. The van der Waals surface area contributed by atoms with Crippen LogP contribution in [-0.4, -0.2) is 24.6 Å². The second kappa shape index (κ2) is 6.96. The molecule has 2 heterocycles. The summed E-state index contributed by atoms with van der Waals surface area (Å²) in [5.41, 5.74) is 4.21. The molecule has 2 aliphatic heterocycles. The van der Waals surface area contributed by atoms with Crippen molar-refractivity contribution in [3.63, 3.8) is 0 Å². The summed E-state index contributed by atoms with van der Waals surface area (Å²) in [6, 6.07) is 18.3. The van der Waals surface area contributed by atoms with Crippen LogP contribution in [0.1, 0.15) is 42.0 Å². The highest BCUT2D eigenvalue weighted by atomic mass is 16.5. The number of nitrogens with zero attached hydrogens (tertiary/aromatic N) is 1. The number of hydrogen-bond acceptors (Lipinski definition) is 3. The number of nitrogens with one attached hydrogen (secondary N) is 1. The minimum absolute atomic E-state index is 0.379. The highest BCUT2D eigenvalue weighted by Crippen LogP contribution is 2.38. The zero-order valence-corrected chi connectivity index (χ0v) is 14.4. The molecule has 3 heteroatoms. The van der Waals surface area contributed by atoms with Crippen LogP contribution in [0.25, 0.3) is 0 Å². The van der Waals surface area contributed by atoms with Crippen LogP contribution in [0.5, 0.6) is 5.75 Å². The quantitative estimate of drug-likeness (QED) is 0.924. The summed E-state index contributed by atoms with van der Waals surface area (Å²) in [7, 11) is 1.75. The maximum absolute atomic E-state index is 5.49. The highest BCUT2D eigenvalue weighted by molar-refractivity contribution is 5.40. The van der Waals surface area contributed by atoms with Gasteiger partial charge in [0.2, 0.25) is 0 Å². The largest absolute Gasteiger partial charge is 0.497 e. The number of hydrogen-bond donors (Lipinski definition) is 1. The molecule has 1 saturated heterocycles. The average molecular weight is 322 g/mol. The van der Waals surface area contributed by atoms with Gasteiger partial charge in [-0.15, -0.1) is 0 Å². The Morgan fingerprint density at radius 2 is 2.00 bits per heavy atom. The van der Waals surface area contributed by atoms with E-state index in [-0.39, 0.29) is 0 Å². The van der Waals surface area contributed by atoms with Crippen LogP contribution < -0.4 is 10.1 Å². The molecule has 1 fully saturated rings. The Bertz CT molecular complexity index is 685. The first-order valence-electron chi connectivity index (χ1n) is 9.03. The van der Waals surface area contributed by atoms with E-state index in [9.17, 15) is 0 Å². The van der Waals surface area contributed by atoms with E-state index in [0.29, 0.717) is 12.1 Å². The summed E-state index contributed by atoms with van der Waals surface area (Å²) < 4.78 is 5.49. The van der Waals surface area contributed by atoms with E-state index in [1.807, 2.05) is 0 Å². The maximum Gasteiger partial charge on any atom is 0.119 e. The Kier molecular flexibility index (Phi) is 4.54. The van der Waals surface area contributed by atoms with Crippen LogP contribution in [-0.2, 0) is 13.1 Å². The summed E-state index contributed by atoms with van der Waals surface area (Å²) in [4.78, 5) is 2.67. The van der Waals surface area contributed by atoms with Crippen LogP contribution in [0.4, 0.5) is 0 Å². The van der Waals surface area contributed by atoms with E-state index in [2.05, 4.69) is 58.7 Å². The van der Waals surface area contributed by atoms with Crippen molar-refractivity contribution in [1.29, 1.82) is 0 Å². The zero-order chi connectivity index (χ0) is 16.4. The molecule has 0 spiro atoms. The number of benzene rings is 2. The topological polar surface area (TPSA) is 24.5 Å². The molecule has 0 amide bonds. The molecule has 2 aliphatic rings. The van der Waals surface area contributed by atoms with Gasteiger partial charge in [0.05, 0.1) is 7.11 Å². The third-order valence-electron chi connectivity index (χ3n) is 5.48. The van der Waals surface area contributed by atoms with Gasteiger partial charge in [0.15, 0.2) is 0 Å². The third-order valence-corrected chi connectivity index (χ3v) is 5.48. The van der Waals surface area contributed by atoms with Gasteiger partial charge in [-0.1, -0.05) is 42.8 Å². The molecular formula is C21H26N2O. The molecule has 24 heavy (non-hydrogen) atoms. The van der Waals surface area contributed by atoms with Crippen LogP contribution >= 0.6 is 0 Å². The lowest BCUT2D eigenvalue weighted by Gasteiger charge is -2.45. The van der Waals surface area contributed by atoms with E-state index in [1.54, 1.807) is 7.11 Å². The Morgan fingerprint density at radius 3 is 2.83 bits per heavy atom. The monoisotopic (exact) mass is 322 g/mol. The van der Waals surface area contributed by atoms with Gasteiger partial charge in [-0.05, 0) is 48.2 Å². The second-order valence-corrected chi connectivity index (χ2v) is 6.94. The summed E-state index contributed by atoms with van der Waals surface area (Å²) in [5, 5.41) is 3.85. The SMILES string of the molecule is COc1ccc2c(c1)C(NCc1ccccc1)C1CCCCN1C2. The Balaban J connectivity index is 1.63. The minimum Gasteiger partial charge on any atom is -0.497 e. The molecule has 0 saturated carbocycles. The zero-order valence-electron chi connectivity index (χ0n) is 14.4. The first-order valence-corrected chi connectivity index (χ1v) is 9.03. The lowest BCUT2D eigenvalue weighted by Crippen LogP contribution is -2.50. The summed E-state index contributed by atoms with van der Waals surface area (Å²) in [6.07, 6.45) is 3.94. The minimum atomic E-state index is 0.379. The van der Waals surface area contributed by atoms with Crippen LogP contribution in [0.2, 0.25) is 0 Å². The van der Waals surface area contributed by atoms with Crippen molar-refractivity contribution in [2.45, 2.75) is 44.4 Å². The van der Waals surface area contributed by atoms with E-state index in [1.165, 1.54) is 42.5 Å². The van der Waals surface area contributed by atoms with Gasteiger partial charge in [0.25, 0.3) is 0 Å². The Morgan fingerprint density at radius 1 is 1.12 bits per heavy atom. The smallest absolute Gasteiger partial charge is 0.119 e. The lowest BCUT2D eigenvalue weighted by molar-refractivity contribution is 0.0909. The summed E-state index contributed by atoms with van der Waals surface area (Å²) in [5.74, 6) is 0.963. The van der Waals surface area contributed by atoms with Crippen molar-refractivity contribution in [3.05, 3.63) is 65.2 Å². The Hall–Kier alpha value is -1.84. The van der Waals surface area contributed by atoms with E-state index >= 15 is 0 Å². The van der Waals surface area contributed by atoms with Crippen molar-refractivity contribution in [1.82, 2.24) is 10.2 Å². The molecule has 2 atom stereocenters. The summed E-state index contributed by atoms with van der Waals surface area (Å²) in [6.45, 7) is 3.21. The molecule has 0 aromatic heterocycles. The molecule has 1 N–H and O–H groups in total. The fourth-order valence-corrected chi connectivity index (χ4v) is 4.22. The van der Waals surface area contributed by atoms with Crippen LogP contribution in [0.15, 0.2) is 48.5 Å². The van der Waals surface area contributed by atoms with Gasteiger partial charge in [0, 0.05) is 25.2 Å². The lowest BCUT2D eigenvalue weighted by atomic mass is 9.84. The number of methoxy groups -OCH3 is 1. The number of rotatable bonds is 4. The van der Waals surface area contributed by atoms with E-state index in [4.69, 9.17) is 4.74 Å². The number of ether oxygens (including phenoxy) is 1. The third kappa shape index (κ3) is 3.06. The molecule has 4 rings (SSSR count). The van der Waals surface area contributed by atoms with Crippen molar-refractivity contribution in [2.24, 2.45) is 0 Å². The maximum atomic E-state index is 5.49. The van der Waals surface area contributed by atoms with E-state index < -0.39 is 0 Å². The average Bonchev–Trinajstić information content (AvgIpc) is 2.65. The van der Waals surface area contributed by atoms with Gasteiger partial charge in [-0.3, -0.25) is 4.90 Å². The Labute approximate surface area is 144 Å². The molecule has 0 aliphatic carbocycles. The van der Waals surface area contributed by atoms with E-state index in [0.717, 1.165) is 18.8 Å². The molecular weight excluding hydrogens is 296 g/mol. The van der Waals surface area contributed by atoms with Gasteiger partial charge < -0.3 is 10.1 Å². The van der Waals surface area contributed by atoms with Gasteiger partial charge >= 0.3 is 0 Å². The first kappa shape index (κ1) is 15.7. The fraction of sp³-hybridized carbons (Fsp3) is 0.429. The molecule has 0 bridgehead atoms. The molecule has 0 radical (unpaired) electrons. The predicted octanol–water partition coefficient (Wildman–Crippen LogP) is 3.89. The van der Waals surface area contributed by atoms with Crippen LogP contribution in [0.3, 0.4) is 0 Å². The molecule has 2 aromatic rings. The predicted molar refractivity (Wildman–Crippen MR) is 97.1 cm³/mol. The highest BCUT2D eigenvalue weighted by Gasteiger charge is 2.36. The van der Waals surface area contributed by atoms with Crippen molar-refractivity contribution in [2.75, 3.05) is 13.7 Å². The van der Waals surface area contributed by atoms with Gasteiger partial charge in [-0.2, -0.15) is 0 Å². The van der Waals surface area contributed by atoms with Gasteiger partial charge in [-0.25, -0.2) is 0 Å². The molecule has 2 aromatic carbocycles.